The molecule has 5 rings (SSSR count). The SMILES string of the molecule is O=C(OCC1CCC2CC1O2)C1CCC2OC2C1. The predicted molar refractivity (Wildman–Crippen MR) is 63.0 cm³/mol. The molecule has 0 spiro atoms. The molecule has 3 aliphatic heterocycles. The van der Waals surface area contributed by atoms with Crippen molar-refractivity contribution in [2.75, 3.05) is 6.61 Å². The summed E-state index contributed by atoms with van der Waals surface area (Å²) in [6.45, 7) is 0.557. The zero-order valence-electron chi connectivity index (χ0n) is 10.5. The van der Waals surface area contributed by atoms with Gasteiger partial charge in [0.2, 0.25) is 0 Å². The highest BCUT2D eigenvalue weighted by Gasteiger charge is 2.46. The van der Waals surface area contributed by atoms with Crippen LogP contribution in [0, 0.1) is 11.8 Å². The summed E-state index contributed by atoms with van der Waals surface area (Å²) in [7, 11) is 0. The van der Waals surface area contributed by atoms with Gasteiger partial charge in [-0.1, -0.05) is 0 Å². The largest absolute Gasteiger partial charge is 0.465 e. The van der Waals surface area contributed by atoms with Crippen LogP contribution in [0.5, 0.6) is 0 Å². The quantitative estimate of drug-likeness (QED) is 0.566. The van der Waals surface area contributed by atoms with E-state index in [1.165, 1.54) is 6.42 Å². The van der Waals surface area contributed by atoms with E-state index in [2.05, 4.69) is 0 Å². The smallest absolute Gasteiger partial charge is 0.309 e. The van der Waals surface area contributed by atoms with Gasteiger partial charge in [0.1, 0.15) is 0 Å². The lowest BCUT2D eigenvalue weighted by atomic mass is 9.80. The van der Waals surface area contributed by atoms with Crippen molar-refractivity contribution in [3.8, 4) is 0 Å². The summed E-state index contributed by atoms with van der Waals surface area (Å²) in [5.74, 6) is 0.505. The monoisotopic (exact) mass is 252 g/mol. The number of rotatable bonds is 3. The molecule has 18 heavy (non-hydrogen) atoms. The number of hydrogen-bond donors (Lipinski definition) is 0. The number of esters is 1. The van der Waals surface area contributed by atoms with Gasteiger partial charge in [0.15, 0.2) is 0 Å². The average Bonchev–Trinajstić information content (AvgIpc) is 3.13. The zero-order chi connectivity index (χ0) is 12.1. The fraction of sp³-hybridized carbons (Fsp3) is 0.929. The summed E-state index contributed by atoms with van der Waals surface area (Å²) < 4.78 is 16.6. The average molecular weight is 252 g/mol. The minimum atomic E-state index is -0.00889. The normalized spacial score (nSPS) is 48.9. The molecular weight excluding hydrogens is 232 g/mol. The van der Waals surface area contributed by atoms with E-state index in [1.54, 1.807) is 0 Å². The van der Waals surface area contributed by atoms with Gasteiger partial charge in [0.25, 0.3) is 0 Å². The Hall–Kier alpha value is -0.610. The molecule has 2 aliphatic carbocycles. The number of carbonyl (C=O) groups is 1. The molecule has 3 heterocycles. The highest BCUT2D eigenvalue weighted by atomic mass is 16.6. The van der Waals surface area contributed by atoms with Crippen molar-refractivity contribution in [2.24, 2.45) is 11.8 Å². The van der Waals surface area contributed by atoms with Crippen molar-refractivity contribution in [2.45, 2.75) is 62.9 Å². The van der Waals surface area contributed by atoms with Crippen molar-refractivity contribution < 1.29 is 19.0 Å². The lowest BCUT2D eigenvalue weighted by molar-refractivity contribution is -0.197. The van der Waals surface area contributed by atoms with Crippen molar-refractivity contribution in [1.82, 2.24) is 0 Å². The second kappa shape index (κ2) is 4.20. The third kappa shape index (κ3) is 1.95. The van der Waals surface area contributed by atoms with E-state index in [9.17, 15) is 4.79 Å². The van der Waals surface area contributed by atoms with E-state index < -0.39 is 0 Å². The fourth-order valence-corrected chi connectivity index (χ4v) is 3.69. The molecule has 0 aromatic carbocycles. The highest BCUT2D eigenvalue weighted by Crippen LogP contribution is 2.41. The van der Waals surface area contributed by atoms with E-state index in [0.717, 1.165) is 32.1 Å². The second-order valence-electron chi connectivity index (χ2n) is 6.22. The Morgan fingerprint density at radius 1 is 1.00 bits per heavy atom. The topological polar surface area (TPSA) is 48.1 Å². The van der Waals surface area contributed by atoms with E-state index >= 15 is 0 Å². The molecule has 5 aliphatic rings. The maximum atomic E-state index is 12.0. The Morgan fingerprint density at radius 3 is 2.61 bits per heavy atom. The number of fused-ring (bicyclic) bond motifs is 3. The second-order valence-corrected chi connectivity index (χ2v) is 6.22. The molecule has 6 unspecified atom stereocenters. The van der Waals surface area contributed by atoms with Gasteiger partial charge in [0.05, 0.1) is 36.9 Å². The van der Waals surface area contributed by atoms with Crippen LogP contribution in [0.25, 0.3) is 0 Å². The lowest BCUT2D eigenvalue weighted by Gasteiger charge is -2.46. The standard InChI is InChI=1S/C14H20O4/c15-14(8-2-4-11-13(5-8)18-11)16-7-9-1-3-10-6-12(9)17-10/h8-13H,1-7H2. The third-order valence-electron chi connectivity index (χ3n) is 5.02. The van der Waals surface area contributed by atoms with Gasteiger partial charge in [-0.05, 0) is 32.1 Å². The molecule has 5 fully saturated rings. The molecule has 0 N–H and O–H groups in total. The molecule has 0 amide bonds. The van der Waals surface area contributed by atoms with E-state index in [4.69, 9.17) is 14.2 Å². The summed E-state index contributed by atoms with van der Waals surface area (Å²) in [6.07, 6.45) is 7.96. The van der Waals surface area contributed by atoms with E-state index in [1.807, 2.05) is 0 Å². The van der Waals surface area contributed by atoms with Crippen molar-refractivity contribution >= 4 is 5.97 Å². The molecule has 4 heteroatoms. The first kappa shape index (κ1) is 11.2. The molecule has 4 nitrogen and oxygen atoms in total. The molecule has 0 radical (unpaired) electrons. The van der Waals surface area contributed by atoms with Crippen LogP contribution in [-0.4, -0.2) is 37.0 Å². The third-order valence-corrected chi connectivity index (χ3v) is 5.02. The van der Waals surface area contributed by atoms with Gasteiger partial charge in [-0.15, -0.1) is 0 Å². The van der Waals surface area contributed by atoms with E-state index in [-0.39, 0.29) is 11.9 Å². The number of ether oxygens (including phenoxy) is 3. The van der Waals surface area contributed by atoms with Crippen LogP contribution in [0.2, 0.25) is 0 Å². The first-order valence-corrected chi connectivity index (χ1v) is 7.27. The van der Waals surface area contributed by atoms with Crippen LogP contribution in [-0.2, 0) is 19.0 Å². The first-order chi connectivity index (χ1) is 8.79. The minimum absolute atomic E-state index is 0.00889. The zero-order valence-corrected chi connectivity index (χ0v) is 10.5. The molecule has 3 saturated heterocycles. The Kier molecular flexibility index (Phi) is 2.62. The lowest BCUT2D eigenvalue weighted by Crippen LogP contribution is -2.49. The van der Waals surface area contributed by atoms with Crippen LogP contribution < -0.4 is 0 Å². The summed E-state index contributed by atoms with van der Waals surface area (Å²) in [6, 6.07) is 0. The molecule has 6 atom stereocenters. The van der Waals surface area contributed by atoms with Gasteiger partial charge >= 0.3 is 5.97 Å². The molecule has 0 aromatic heterocycles. The van der Waals surface area contributed by atoms with Crippen LogP contribution in [0.1, 0.15) is 38.5 Å². The van der Waals surface area contributed by atoms with Crippen LogP contribution in [0.3, 0.4) is 0 Å². The van der Waals surface area contributed by atoms with Crippen LogP contribution in [0.15, 0.2) is 0 Å². The van der Waals surface area contributed by atoms with Gasteiger partial charge in [-0.25, -0.2) is 0 Å². The Bertz CT molecular complexity index is 347. The number of carbonyl (C=O) groups excluding carboxylic acids is 1. The van der Waals surface area contributed by atoms with E-state index in [0.29, 0.717) is 36.9 Å². The predicted octanol–water partition coefficient (Wildman–Crippen LogP) is 1.66. The Balaban J connectivity index is 1.25. The minimum Gasteiger partial charge on any atom is -0.465 e. The molecule has 2 bridgehead atoms. The number of epoxide rings is 1. The Morgan fingerprint density at radius 2 is 1.89 bits per heavy atom. The van der Waals surface area contributed by atoms with Crippen molar-refractivity contribution in [3.63, 3.8) is 0 Å². The van der Waals surface area contributed by atoms with Gasteiger partial charge in [-0.3, -0.25) is 4.79 Å². The molecule has 2 saturated carbocycles. The Labute approximate surface area is 107 Å². The summed E-state index contributed by atoms with van der Waals surface area (Å²) >= 11 is 0. The van der Waals surface area contributed by atoms with Crippen molar-refractivity contribution in [1.29, 1.82) is 0 Å². The summed E-state index contributed by atoms with van der Waals surface area (Å²) in [5, 5.41) is 0. The molecular formula is C14H20O4. The summed E-state index contributed by atoms with van der Waals surface area (Å²) in [5.41, 5.74) is 0. The maximum Gasteiger partial charge on any atom is 0.309 e. The van der Waals surface area contributed by atoms with Gasteiger partial charge in [0, 0.05) is 12.3 Å². The first-order valence-electron chi connectivity index (χ1n) is 7.27. The van der Waals surface area contributed by atoms with Gasteiger partial charge < -0.3 is 14.2 Å². The fourth-order valence-electron chi connectivity index (χ4n) is 3.69. The summed E-state index contributed by atoms with van der Waals surface area (Å²) in [4.78, 5) is 12.0. The van der Waals surface area contributed by atoms with Gasteiger partial charge in [-0.2, -0.15) is 0 Å². The van der Waals surface area contributed by atoms with Crippen molar-refractivity contribution in [3.05, 3.63) is 0 Å². The number of hydrogen-bond acceptors (Lipinski definition) is 4. The molecule has 0 aromatic rings. The maximum absolute atomic E-state index is 12.0. The van der Waals surface area contributed by atoms with Crippen LogP contribution in [0.4, 0.5) is 0 Å². The molecule has 100 valence electrons. The van der Waals surface area contributed by atoms with Crippen LogP contribution >= 0.6 is 0 Å². The highest BCUT2D eigenvalue weighted by molar-refractivity contribution is 5.72.